The molecule has 4 rings (SSSR count). The molecule has 5 heteroatoms. The van der Waals surface area contributed by atoms with Gasteiger partial charge in [0.05, 0.1) is 5.56 Å². The number of fused-ring (bicyclic) bond motifs is 1. The van der Waals surface area contributed by atoms with Crippen LogP contribution in [0.2, 0.25) is 0 Å². The minimum absolute atomic E-state index is 0.00162. The molecule has 0 radical (unpaired) electrons. The number of nitrogens with zero attached hydrogens (tertiary/aromatic N) is 2. The quantitative estimate of drug-likeness (QED) is 0.776. The highest BCUT2D eigenvalue weighted by Gasteiger charge is 2.24. The van der Waals surface area contributed by atoms with Crippen molar-refractivity contribution < 1.29 is 9.18 Å². The Morgan fingerprint density at radius 3 is 2.64 bits per heavy atom. The van der Waals surface area contributed by atoms with Gasteiger partial charge < -0.3 is 14.8 Å². The van der Waals surface area contributed by atoms with Crippen molar-refractivity contribution in [1.29, 1.82) is 0 Å². The maximum atomic E-state index is 13.3. The second kappa shape index (κ2) is 6.24. The molecule has 0 spiro atoms. The SMILES string of the molecule is Cc1cccc(N2CCN(C(=O)c3c[nH]c4cc(F)ccc34)CC2)c1. The molecule has 3 aromatic rings. The molecule has 0 aliphatic carbocycles. The Balaban J connectivity index is 1.49. The molecule has 0 bridgehead atoms. The number of anilines is 1. The summed E-state index contributed by atoms with van der Waals surface area (Å²) in [4.78, 5) is 20.0. The first-order valence-corrected chi connectivity index (χ1v) is 8.49. The monoisotopic (exact) mass is 337 g/mol. The molecule has 1 aliphatic heterocycles. The summed E-state index contributed by atoms with van der Waals surface area (Å²) in [5, 5.41) is 0.771. The molecular weight excluding hydrogens is 317 g/mol. The predicted molar refractivity (Wildman–Crippen MR) is 97.6 cm³/mol. The Morgan fingerprint density at radius 2 is 1.88 bits per heavy atom. The molecule has 0 atom stereocenters. The minimum Gasteiger partial charge on any atom is -0.368 e. The van der Waals surface area contributed by atoms with Crippen LogP contribution in [0.5, 0.6) is 0 Å². The van der Waals surface area contributed by atoms with Gasteiger partial charge in [-0.2, -0.15) is 0 Å². The van der Waals surface area contributed by atoms with Crippen molar-refractivity contribution in [1.82, 2.24) is 9.88 Å². The summed E-state index contributed by atoms with van der Waals surface area (Å²) in [5.74, 6) is -0.304. The summed E-state index contributed by atoms with van der Waals surface area (Å²) in [6, 6.07) is 12.9. The van der Waals surface area contributed by atoms with E-state index < -0.39 is 0 Å². The van der Waals surface area contributed by atoms with E-state index in [1.807, 2.05) is 4.90 Å². The van der Waals surface area contributed by atoms with Crippen LogP contribution in [0.25, 0.3) is 10.9 Å². The summed E-state index contributed by atoms with van der Waals surface area (Å²) in [7, 11) is 0. The highest BCUT2D eigenvalue weighted by Crippen LogP contribution is 2.23. The normalized spacial score (nSPS) is 15.0. The number of carbonyl (C=O) groups excluding carboxylic acids is 1. The Bertz CT molecular complexity index is 926. The summed E-state index contributed by atoms with van der Waals surface area (Å²) >= 11 is 0. The van der Waals surface area contributed by atoms with Crippen LogP contribution in [0.15, 0.2) is 48.7 Å². The van der Waals surface area contributed by atoms with Crippen LogP contribution >= 0.6 is 0 Å². The molecule has 4 nitrogen and oxygen atoms in total. The van der Waals surface area contributed by atoms with E-state index in [0.29, 0.717) is 24.2 Å². The molecule has 25 heavy (non-hydrogen) atoms. The maximum absolute atomic E-state index is 13.3. The average Bonchev–Trinajstić information content (AvgIpc) is 3.04. The van der Waals surface area contributed by atoms with Gasteiger partial charge in [0.2, 0.25) is 0 Å². The van der Waals surface area contributed by atoms with Crippen molar-refractivity contribution in [2.24, 2.45) is 0 Å². The van der Waals surface area contributed by atoms with Crippen molar-refractivity contribution in [3.05, 3.63) is 65.6 Å². The van der Waals surface area contributed by atoms with Crippen LogP contribution in [0.1, 0.15) is 15.9 Å². The van der Waals surface area contributed by atoms with E-state index in [-0.39, 0.29) is 11.7 Å². The second-order valence-electron chi connectivity index (χ2n) is 6.51. The van der Waals surface area contributed by atoms with Crippen LogP contribution in [0, 0.1) is 12.7 Å². The zero-order valence-electron chi connectivity index (χ0n) is 14.1. The number of aryl methyl sites for hydroxylation is 1. The summed E-state index contributed by atoms with van der Waals surface area (Å²) < 4.78 is 13.3. The first-order chi connectivity index (χ1) is 12.1. The molecule has 1 aromatic heterocycles. The van der Waals surface area contributed by atoms with Crippen LogP contribution in [-0.2, 0) is 0 Å². The van der Waals surface area contributed by atoms with Gasteiger partial charge in [-0.1, -0.05) is 12.1 Å². The Labute approximate surface area is 145 Å². The molecule has 0 unspecified atom stereocenters. The molecule has 1 fully saturated rings. The highest BCUT2D eigenvalue weighted by atomic mass is 19.1. The number of piperazine rings is 1. The smallest absolute Gasteiger partial charge is 0.256 e. The molecule has 2 aromatic carbocycles. The predicted octanol–water partition coefficient (Wildman–Crippen LogP) is 3.58. The third kappa shape index (κ3) is 2.97. The van der Waals surface area contributed by atoms with Crippen LogP contribution in [-0.4, -0.2) is 42.0 Å². The average molecular weight is 337 g/mol. The van der Waals surface area contributed by atoms with Gasteiger partial charge in [0.1, 0.15) is 5.82 Å². The Hall–Kier alpha value is -2.82. The van der Waals surface area contributed by atoms with Gasteiger partial charge >= 0.3 is 0 Å². The van der Waals surface area contributed by atoms with Crippen LogP contribution in [0.4, 0.5) is 10.1 Å². The van der Waals surface area contributed by atoms with Gasteiger partial charge in [-0.25, -0.2) is 4.39 Å². The molecule has 1 amide bonds. The van der Waals surface area contributed by atoms with Gasteiger partial charge in [0.15, 0.2) is 0 Å². The molecular formula is C20H20FN3O. The van der Waals surface area contributed by atoms with Gasteiger partial charge in [0, 0.05) is 49.0 Å². The van der Waals surface area contributed by atoms with Gasteiger partial charge in [-0.15, -0.1) is 0 Å². The maximum Gasteiger partial charge on any atom is 0.256 e. The van der Waals surface area contributed by atoms with Crippen molar-refractivity contribution in [3.8, 4) is 0 Å². The van der Waals surface area contributed by atoms with Gasteiger partial charge in [-0.05, 0) is 42.8 Å². The van der Waals surface area contributed by atoms with Crippen molar-refractivity contribution in [3.63, 3.8) is 0 Å². The lowest BCUT2D eigenvalue weighted by atomic mass is 10.1. The third-order valence-electron chi connectivity index (χ3n) is 4.81. The minimum atomic E-state index is -0.305. The number of benzene rings is 2. The number of hydrogen-bond donors (Lipinski definition) is 1. The zero-order chi connectivity index (χ0) is 17.4. The van der Waals surface area contributed by atoms with E-state index in [1.165, 1.54) is 23.4 Å². The molecule has 1 N–H and O–H groups in total. The fourth-order valence-corrected chi connectivity index (χ4v) is 3.44. The number of rotatable bonds is 2. The van der Waals surface area contributed by atoms with Crippen molar-refractivity contribution in [2.75, 3.05) is 31.1 Å². The Morgan fingerprint density at radius 1 is 1.08 bits per heavy atom. The lowest BCUT2D eigenvalue weighted by Crippen LogP contribution is -2.48. The van der Waals surface area contributed by atoms with Gasteiger partial charge in [0.25, 0.3) is 5.91 Å². The summed E-state index contributed by atoms with van der Waals surface area (Å²) in [6.07, 6.45) is 1.68. The van der Waals surface area contributed by atoms with E-state index in [0.717, 1.165) is 18.5 Å². The molecule has 2 heterocycles. The number of aromatic amines is 1. The van der Waals surface area contributed by atoms with E-state index in [2.05, 4.69) is 41.1 Å². The Kier molecular flexibility index (Phi) is 3.92. The van der Waals surface area contributed by atoms with Gasteiger partial charge in [-0.3, -0.25) is 4.79 Å². The first kappa shape index (κ1) is 15.7. The zero-order valence-corrected chi connectivity index (χ0v) is 14.1. The van der Waals surface area contributed by atoms with Crippen molar-refractivity contribution >= 4 is 22.5 Å². The summed E-state index contributed by atoms with van der Waals surface area (Å²) in [5.41, 5.74) is 3.71. The number of aromatic nitrogens is 1. The highest BCUT2D eigenvalue weighted by molar-refractivity contribution is 6.06. The topological polar surface area (TPSA) is 39.3 Å². The molecule has 0 saturated carbocycles. The standard InChI is InChI=1S/C20H20FN3O/c1-14-3-2-4-16(11-14)23-7-9-24(10-8-23)20(25)18-13-22-19-12-15(21)5-6-17(18)19/h2-6,11-13,22H,7-10H2,1H3. The van der Waals surface area contributed by atoms with E-state index in [9.17, 15) is 9.18 Å². The number of hydrogen-bond acceptors (Lipinski definition) is 2. The van der Waals surface area contributed by atoms with Crippen molar-refractivity contribution in [2.45, 2.75) is 6.92 Å². The molecule has 1 aliphatic rings. The fourth-order valence-electron chi connectivity index (χ4n) is 3.44. The first-order valence-electron chi connectivity index (χ1n) is 8.49. The van der Waals surface area contributed by atoms with E-state index in [1.54, 1.807) is 12.3 Å². The lowest BCUT2D eigenvalue weighted by molar-refractivity contribution is 0.0749. The number of nitrogens with one attached hydrogen (secondary N) is 1. The largest absolute Gasteiger partial charge is 0.368 e. The number of H-pyrrole nitrogens is 1. The molecule has 128 valence electrons. The summed E-state index contributed by atoms with van der Waals surface area (Å²) in [6.45, 7) is 5.07. The lowest BCUT2D eigenvalue weighted by Gasteiger charge is -2.36. The van der Waals surface area contributed by atoms with E-state index in [4.69, 9.17) is 0 Å². The number of carbonyl (C=O) groups is 1. The van der Waals surface area contributed by atoms with Crippen LogP contribution in [0.3, 0.4) is 0 Å². The second-order valence-corrected chi connectivity index (χ2v) is 6.51. The number of halogens is 1. The van der Waals surface area contributed by atoms with Crippen LogP contribution < -0.4 is 4.90 Å². The molecule has 1 saturated heterocycles. The fraction of sp³-hybridized carbons (Fsp3) is 0.250. The third-order valence-corrected chi connectivity index (χ3v) is 4.81. The van der Waals surface area contributed by atoms with E-state index >= 15 is 0 Å². The number of amides is 1.